The monoisotopic (exact) mass is 489 g/mol. The molecule has 2 N–H and O–H groups in total. The first kappa shape index (κ1) is 23.7. The van der Waals surface area contributed by atoms with Crippen LogP contribution in [0.25, 0.3) is 0 Å². The number of fused-ring (bicyclic) bond motifs is 1. The van der Waals surface area contributed by atoms with E-state index >= 15 is 0 Å². The maximum atomic E-state index is 13.8. The van der Waals surface area contributed by atoms with Gasteiger partial charge in [-0.05, 0) is 68.5 Å². The fourth-order valence-electron chi connectivity index (χ4n) is 4.75. The van der Waals surface area contributed by atoms with Crippen LogP contribution in [0.2, 0.25) is 0 Å². The molecule has 0 bridgehead atoms. The third-order valence-electron chi connectivity index (χ3n) is 6.89. The van der Waals surface area contributed by atoms with Gasteiger partial charge in [-0.3, -0.25) is 14.4 Å². The first-order valence-corrected chi connectivity index (χ1v) is 12.0. The molecule has 0 radical (unpaired) electrons. The molecular weight excluding hydrogens is 461 g/mol. The number of anilines is 1. The summed E-state index contributed by atoms with van der Waals surface area (Å²) in [6.07, 6.45) is 3.04. The van der Waals surface area contributed by atoms with Gasteiger partial charge in [0.1, 0.15) is 17.1 Å². The van der Waals surface area contributed by atoms with E-state index in [0.717, 1.165) is 29.5 Å². The standard InChI is InChI=1S/C27H28FN5O3/c1-16-4-5-17(2)21(12-16)31-24(34)22-23-25(35)33(20-10-11-20)27(3,14-32(23)15-30-22)26(36)29-13-18-6-8-19(28)9-7-18/h4-9,12,15,20H,10-11,13-14H2,1-3H3,(H,29,36)(H,31,34). The maximum absolute atomic E-state index is 13.8. The van der Waals surface area contributed by atoms with Crippen molar-refractivity contribution in [2.75, 3.05) is 5.32 Å². The van der Waals surface area contributed by atoms with E-state index < -0.39 is 11.4 Å². The summed E-state index contributed by atoms with van der Waals surface area (Å²) in [6.45, 7) is 5.95. The highest BCUT2D eigenvalue weighted by atomic mass is 19.1. The number of rotatable bonds is 6. The first-order valence-electron chi connectivity index (χ1n) is 12.0. The Labute approximate surface area is 208 Å². The Balaban J connectivity index is 1.41. The number of amides is 3. The summed E-state index contributed by atoms with van der Waals surface area (Å²) in [5.74, 6) is -1.51. The molecule has 3 aromatic rings. The van der Waals surface area contributed by atoms with Crippen molar-refractivity contribution in [2.24, 2.45) is 0 Å². The van der Waals surface area contributed by atoms with E-state index in [1.807, 2.05) is 32.0 Å². The number of hydrogen-bond acceptors (Lipinski definition) is 4. The van der Waals surface area contributed by atoms with Gasteiger partial charge in [0.05, 0.1) is 12.9 Å². The molecule has 2 aromatic carbocycles. The molecule has 2 aliphatic rings. The predicted molar refractivity (Wildman–Crippen MR) is 132 cm³/mol. The second kappa shape index (κ2) is 8.89. The van der Waals surface area contributed by atoms with Crippen LogP contribution in [0.1, 0.15) is 57.4 Å². The smallest absolute Gasteiger partial charge is 0.276 e. The minimum atomic E-state index is -1.16. The molecule has 1 aromatic heterocycles. The van der Waals surface area contributed by atoms with Gasteiger partial charge in [0.25, 0.3) is 11.8 Å². The van der Waals surface area contributed by atoms with Gasteiger partial charge in [-0.15, -0.1) is 0 Å². The van der Waals surface area contributed by atoms with Gasteiger partial charge in [-0.25, -0.2) is 9.37 Å². The predicted octanol–water partition coefficient (Wildman–Crippen LogP) is 3.58. The average molecular weight is 490 g/mol. The van der Waals surface area contributed by atoms with Crippen molar-refractivity contribution >= 4 is 23.4 Å². The van der Waals surface area contributed by atoms with Crippen LogP contribution in [0.3, 0.4) is 0 Å². The van der Waals surface area contributed by atoms with E-state index in [-0.39, 0.29) is 48.2 Å². The zero-order valence-electron chi connectivity index (χ0n) is 20.5. The molecule has 1 saturated carbocycles. The molecule has 36 heavy (non-hydrogen) atoms. The molecule has 1 aliphatic heterocycles. The van der Waals surface area contributed by atoms with Gasteiger partial charge in [-0.1, -0.05) is 24.3 Å². The maximum Gasteiger partial charge on any atom is 0.276 e. The highest BCUT2D eigenvalue weighted by Crippen LogP contribution is 2.39. The zero-order chi connectivity index (χ0) is 25.6. The van der Waals surface area contributed by atoms with Crippen LogP contribution in [-0.4, -0.2) is 43.8 Å². The largest absolute Gasteiger partial charge is 0.350 e. The Bertz CT molecular complexity index is 1360. The van der Waals surface area contributed by atoms with E-state index in [1.54, 1.807) is 28.5 Å². The molecule has 1 fully saturated rings. The molecule has 1 atom stereocenters. The molecule has 9 heteroatoms. The van der Waals surface area contributed by atoms with Crippen LogP contribution in [0.5, 0.6) is 0 Å². The van der Waals surface area contributed by atoms with E-state index in [4.69, 9.17) is 0 Å². The third-order valence-corrected chi connectivity index (χ3v) is 6.89. The number of aromatic nitrogens is 2. The first-order chi connectivity index (χ1) is 17.2. The van der Waals surface area contributed by atoms with Crippen molar-refractivity contribution in [1.29, 1.82) is 0 Å². The lowest BCUT2D eigenvalue weighted by molar-refractivity contribution is -0.133. The second-order valence-corrected chi connectivity index (χ2v) is 9.83. The fraction of sp³-hybridized carbons (Fsp3) is 0.333. The zero-order valence-corrected chi connectivity index (χ0v) is 20.5. The fourth-order valence-corrected chi connectivity index (χ4v) is 4.75. The minimum absolute atomic E-state index is 0.0420. The summed E-state index contributed by atoms with van der Waals surface area (Å²) < 4.78 is 14.8. The average Bonchev–Trinajstić information content (AvgIpc) is 3.58. The van der Waals surface area contributed by atoms with Crippen LogP contribution in [0.15, 0.2) is 48.8 Å². The van der Waals surface area contributed by atoms with Crippen LogP contribution in [-0.2, 0) is 17.9 Å². The molecular formula is C27H28FN5O3. The molecule has 0 spiro atoms. The van der Waals surface area contributed by atoms with Crippen LogP contribution < -0.4 is 10.6 Å². The van der Waals surface area contributed by atoms with Crippen molar-refractivity contribution in [3.05, 3.63) is 82.7 Å². The van der Waals surface area contributed by atoms with E-state index in [9.17, 15) is 18.8 Å². The van der Waals surface area contributed by atoms with E-state index in [0.29, 0.717) is 5.69 Å². The number of benzene rings is 2. The Hall–Kier alpha value is -4.01. The van der Waals surface area contributed by atoms with Crippen LogP contribution >= 0.6 is 0 Å². The van der Waals surface area contributed by atoms with E-state index in [1.165, 1.54) is 18.5 Å². The number of nitrogens with zero attached hydrogens (tertiary/aromatic N) is 3. The molecule has 1 unspecified atom stereocenters. The van der Waals surface area contributed by atoms with Gasteiger partial charge in [-0.2, -0.15) is 0 Å². The van der Waals surface area contributed by atoms with Crippen molar-refractivity contribution < 1.29 is 18.8 Å². The molecule has 5 rings (SSSR count). The van der Waals surface area contributed by atoms with Crippen molar-refractivity contribution in [3.8, 4) is 0 Å². The topological polar surface area (TPSA) is 96.3 Å². The Morgan fingerprint density at radius 1 is 1.14 bits per heavy atom. The van der Waals surface area contributed by atoms with Gasteiger partial charge in [0, 0.05) is 18.3 Å². The number of imidazole rings is 1. The van der Waals surface area contributed by atoms with Gasteiger partial charge >= 0.3 is 0 Å². The highest BCUT2D eigenvalue weighted by Gasteiger charge is 2.53. The Morgan fingerprint density at radius 2 is 1.86 bits per heavy atom. The van der Waals surface area contributed by atoms with Crippen LogP contribution in [0.4, 0.5) is 10.1 Å². The van der Waals surface area contributed by atoms with Gasteiger partial charge in [0.15, 0.2) is 5.69 Å². The number of nitrogens with one attached hydrogen (secondary N) is 2. The summed E-state index contributed by atoms with van der Waals surface area (Å²) in [7, 11) is 0. The lowest BCUT2D eigenvalue weighted by atomic mass is 9.93. The number of hydrogen-bond donors (Lipinski definition) is 2. The summed E-state index contributed by atoms with van der Waals surface area (Å²) >= 11 is 0. The molecule has 1 aliphatic carbocycles. The summed E-state index contributed by atoms with van der Waals surface area (Å²) in [6, 6.07) is 11.6. The Kier molecular flexibility index (Phi) is 5.86. The van der Waals surface area contributed by atoms with Crippen molar-refractivity contribution in [1.82, 2.24) is 19.8 Å². The van der Waals surface area contributed by atoms with Gasteiger partial charge in [0.2, 0.25) is 5.91 Å². The number of carbonyl (C=O) groups is 3. The summed E-state index contributed by atoms with van der Waals surface area (Å²) in [5.41, 5.74) is 2.39. The second-order valence-electron chi connectivity index (χ2n) is 9.83. The SMILES string of the molecule is Cc1ccc(C)c(NC(=O)c2ncn3c2C(=O)N(C2CC2)C(C)(C(=O)NCc2ccc(F)cc2)C3)c1. The lowest BCUT2D eigenvalue weighted by Gasteiger charge is -2.44. The van der Waals surface area contributed by atoms with Crippen molar-refractivity contribution in [2.45, 2.75) is 58.3 Å². The normalized spacial score (nSPS) is 19.1. The molecule has 3 amide bonds. The molecule has 2 heterocycles. The number of carbonyl (C=O) groups excluding carboxylic acids is 3. The highest BCUT2D eigenvalue weighted by molar-refractivity contribution is 6.12. The molecule has 8 nitrogen and oxygen atoms in total. The number of halogens is 1. The van der Waals surface area contributed by atoms with Crippen molar-refractivity contribution in [3.63, 3.8) is 0 Å². The van der Waals surface area contributed by atoms with Crippen LogP contribution in [0, 0.1) is 19.7 Å². The minimum Gasteiger partial charge on any atom is -0.350 e. The quantitative estimate of drug-likeness (QED) is 0.553. The summed E-state index contributed by atoms with van der Waals surface area (Å²) in [5, 5.41) is 5.78. The third kappa shape index (κ3) is 4.25. The molecule has 0 saturated heterocycles. The Morgan fingerprint density at radius 3 is 2.56 bits per heavy atom. The molecule has 186 valence electrons. The summed E-state index contributed by atoms with van der Waals surface area (Å²) in [4.78, 5) is 46.2. The lowest BCUT2D eigenvalue weighted by Crippen LogP contribution is -2.64. The van der Waals surface area contributed by atoms with Gasteiger partial charge < -0.3 is 20.1 Å². The number of aryl methyl sites for hydroxylation is 2. The van der Waals surface area contributed by atoms with E-state index in [2.05, 4.69) is 15.6 Å².